The first kappa shape index (κ1) is 15.2. The predicted molar refractivity (Wildman–Crippen MR) is 77.7 cm³/mol. The fraction of sp³-hybridized carbons (Fsp3) is 0.571. The number of nitrogens with zero attached hydrogens (tertiary/aromatic N) is 3. The van der Waals surface area contributed by atoms with Gasteiger partial charge in [0.2, 0.25) is 0 Å². The molecule has 114 valence electrons. The van der Waals surface area contributed by atoms with Crippen LogP contribution in [0.25, 0.3) is 0 Å². The molecular formula is C14H19N3O4. The highest BCUT2D eigenvalue weighted by Crippen LogP contribution is 2.31. The van der Waals surface area contributed by atoms with Crippen molar-refractivity contribution in [1.29, 1.82) is 0 Å². The molecule has 0 aromatic carbocycles. The standard InChI is InChI=1S/C14H19N3O4/c1-9-4-3-5-10(6-9)16(2)13-12(14(18)19)7-11(8-15-13)17(20)21/h7-10H,3-6H2,1-2H3,(H,18,19). The van der Waals surface area contributed by atoms with Gasteiger partial charge in [-0.2, -0.15) is 0 Å². The minimum atomic E-state index is -1.20. The van der Waals surface area contributed by atoms with E-state index >= 15 is 0 Å². The highest BCUT2D eigenvalue weighted by atomic mass is 16.6. The third-order valence-corrected chi connectivity index (χ3v) is 4.08. The van der Waals surface area contributed by atoms with Crippen molar-refractivity contribution >= 4 is 17.5 Å². The number of rotatable bonds is 4. The number of pyridine rings is 1. The van der Waals surface area contributed by atoms with Crippen LogP contribution >= 0.6 is 0 Å². The summed E-state index contributed by atoms with van der Waals surface area (Å²) in [6.45, 7) is 2.18. The van der Waals surface area contributed by atoms with Crippen molar-refractivity contribution in [2.45, 2.75) is 38.6 Å². The van der Waals surface area contributed by atoms with E-state index in [1.165, 1.54) is 6.42 Å². The Morgan fingerprint density at radius 1 is 1.52 bits per heavy atom. The van der Waals surface area contributed by atoms with Crippen LogP contribution in [0, 0.1) is 16.0 Å². The molecular weight excluding hydrogens is 274 g/mol. The van der Waals surface area contributed by atoms with Gasteiger partial charge in [0.05, 0.1) is 4.92 Å². The molecule has 0 spiro atoms. The van der Waals surface area contributed by atoms with Crippen LogP contribution in [0.5, 0.6) is 0 Å². The molecule has 2 unspecified atom stereocenters. The van der Waals surface area contributed by atoms with E-state index in [0.717, 1.165) is 31.5 Å². The van der Waals surface area contributed by atoms with Crippen LogP contribution in [0.2, 0.25) is 0 Å². The molecule has 7 heteroatoms. The monoisotopic (exact) mass is 293 g/mol. The Morgan fingerprint density at radius 3 is 2.81 bits per heavy atom. The second-order valence-electron chi connectivity index (χ2n) is 5.66. The molecule has 0 saturated heterocycles. The molecule has 0 aliphatic heterocycles. The molecule has 2 rings (SSSR count). The van der Waals surface area contributed by atoms with E-state index in [-0.39, 0.29) is 17.3 Å². The summed E-state index contributed by atoms with van der Waals surface area (Å²) in [7, 11) is 1.81. The summed E-state index contributed by atoms with van der Waals surface area (Å²) >= 11 is 0. The third kappa shape index (κ3) is 3.29. The van der Waals surface area contributed by atoms with Gasteiger partial charge in [-0.3, -0.25) is 10.1 Å². The van der Waals surface area contributed by atoms with Crippen LogP contribution in [-0.2, 0) is 0 Å². The van der Waals surface area contributed by atoms with Gasteiger partial charge in [0, 0.05) is 19.2 Å². The smallest absolute Gasteiger partial charge is 0.339 e. The van der Waals surface area contributed by atoms with E-state index in [4.69, 9.17) is 0 Å². The molecule has 0 bridgehead atoms. The summed E-state index contributed by atoms with van der Waals surface area (Å²) in [5.74, 6) is -0.304. The lowest BCUT2D eigenvalue weighted by Crippen LogP contribution is -2.37. The molecule has 7 nitrogen and oxygen atoms in total. The Kier molecular flexibility index (Phi) is 4.40. The molecule has 1 aromatic rings. The summed E-state index contributed by atoms with van der Waals surface area (Å²) in [6, 6.07) is 1.30. The molecule has 0 amide bonds. The Labute approximate surface area is 122 Å². The number of aromatic nitrogens is 1. The van der Waals surface area contributed by atoms with Gasteiger partial charge >= 0.3 is 5.97 Å². The second kappa shape index (κ2) is 6.07. The highest BCUT2D eigenvalue weighted by molar-refractivity contribution is 5.94. The van der Waals surface area contributed by atoms with Crippen molar-refractivity contribution in [2.75, 3.05) is 11.9 Å². The Bertz CT molecular complexity index is 561. The number of hydrogen-bond acceptors (Lipinski definition) is 5. The van der Waals surface area contributed by atoms with Crippen molar-refractivity contribution in [3.05, 3.63) is 27.9 Å². The molecule has 1 aliphatic carbocycles. The van der Waals surface area contributed by atoms with Gasteiger partial charge in [-0.25, -0.2) is 9.78 Å². The number of anilines is 1. The van der Waals surface area contributed by atoms with Gasteiger partial charge in [-0.1, -0.05) is 19.8 Å². The van der Waals surface area contributed by atoms with Gasteiger partial charge in [0.25, 0.3) is 5.69 Å². The highest BCUT2D eigenvalue weighted by Gasteiger charge is 2.27. The fourth-order valence-electron chi connectivity index (χ4n) is 2.91. The summed E-state index contributed by atoms with van der Waals surface area (Å²) in [5.41, 5.74) is -0.425. The number of carboxylic acids is 1. The number of carbonyl (C=O) groups is 1. The van der Waals surface area contributed by atoms with E-state index in [9.17, 15) is 20.0 Å². The first-order valence-corrected chi connectivity index (χ1v) is 7.00. The molecule has 1 fully saturated rings. The Hall–Kier alpha value is -2.18. The number of hydrogen-bond donors (Lipinski definition) is 1. The zero-order valence-corrected chi connectivity index (χ0v) is 12.2. The zero-order valence-electron chi connectivity index (χ0n) is 12.2. The maximum Gasteiger partial charge on any atom is 0.339 e. The number of carboxylic acid groups (broad SMARTS) is 1. The van der Waals surface area contributed by atoms with Gasteiger partial charge in [0.15, 0.2) is 0 Å². The quantitative estimate of drug-likeness (QED) is 0.677. The van der Waals surface area contributed by atoms with Crippen molar-refractivity contribution < 1.29 is 14.8 Å². The van der Waals surface area contributed by atoms with Crippen LogP contribution in [0.4, 0.5) is 11.5 Å². The van der Waals surface area contributed by atoms with Crippen LogP contribution < -0.4 is 4.90 Å². The summed E-state index contributed by atoms with van der Waals surface area (Å²) in [5, 5.41) is 20.0. The molecule has 0 radical (unpaired) electrons. The first-order valence-electron chi connectivity index (χ1n) is 7.00. The van der Waals surface area contributed by atoms with E-state index in [2.05, 4.69) is 11.9 Å². The van der Waals surface area contributed by atoms with E-state index in [1.54, 1.807) is 0 Å². The number of nitro groups is 1. The zero-order chi connectivity index (χ0) is 15.6. The largest absolute Gasteiger partial charge is 0.478 e. The normalized spacial score (nSPS) is 21.8. The van der Waals surface area contributed by atoms with Gasteiger partial charge in [-0.05, 0) is 18.8 Å². The minimum Gasteiger partial charge on any atom is -0.478 e. The maximum atomic E-state index is 11.4. The van der Waals surface area contributed by atoms with Gasteiger partial charge < -0.3 is 10.0 Å². The van der Waals surface area contributed by atoms with Crippen LogP contribution in [0.1, 0.15) is 43.0 Å². The summed E-state index contributed by atoms with van der Waals surface area (Å²) in [4.78, 5) is 27.4. The second-order valence-corrected chi connectivity index (χ2v) is 5.66. The lowest BCUT2D eigenvalue weighted by atomic mass is 9.86. The SMILES string of the molecule is CC1CCCC(N(C)c2ncc([N+](=O)[O-])cc2C(=O)O)C1. The van der Waals surface area contributed by atoms with Crippen LogP contribution in [-0.4, -0.2) is 34.1 Å². The molecule has 1 saturated carbocycles. The first-order chi connectivity index (χ1) is 9.90. The van der Waals surface area contributed by atoms with Crippen LogP contribution in [0.3, 0.4) is 0 Å². The van der Waals surface area contributed by atoms with Gasteiger partial charge in [0.1, 0.15) is 17.6 Å². The fourth-order valence-corrected chi connectivity index (χ4v) is 2.91. The average Bonchev–Trinajstić information content (AvgIpc) is 2.45. The molecule has 1 heterocycles. The lowest BCUT2D eigenvalue weighted by molar-refractivity contribution is -0.385. The van der Waals surface area contributed by atoms with Crippen molar-refractivity contribution in [1.82, 2.24) is 4.98 Å². The maximum absolute atomic E-state index is 11.4. The van der Waals surface area contributed by atoms with Crippen LogP contribution in [0.15, 0.2) is 12.3 Å². The lowest BCUT2D eigenvalue weighted by Gasteiger charge is -2.35. The minimum absolute atomic E-state index is 0.120. The Morgan fingerprint density at radius 2 is 2.24 bits per heavy atom. The number of aromatic carboxylic acids is 1. The van der Waals surface area contributed by atoms with Gasteiger partial charge in [-0.15, -0.1) is 0 Å². The Balaban J connectivity index is 2.33. The molecule has 2 atom stereocenters. The predicted octanol–water partition coefficient (Wildman–Crippen LogP) is 2.70. The molecule has 21 heavy (non-hydrogen) atoms. The summed E-state index contributed by atoms with van der Waals surface area (Å²) < 4.78 is 0. The third-order valence-electron chi connectivity index (χ3n) is 4.08. The van der Waals surface area contributed by atoms with E-state index in [1.807, 2.05) is 11.9 Å². The van der Waals surface area contributed by atoms with Crippen molar-refractivity contribution in [3.63, 3.8) is 0 Å². The summed E-state index contributed by atoms with van der Waals surface area (Å²) in [6.07, 6.45) is 5.37. The van der Waals surface area contributed by atoms with E-state index in [0.29, 0.717) is 11.7 Å². The topological polar surface area (TPSA) is 96.6 Å². The molecule has 1 aliphatic rings. The van der Waals surface area contributed by atoms with E-state index < -0.39 is 10.9 Å². The molecule has 1 aromatic heterocycles. The average molecular weight is 293 g/mol. The molecule has 1 N–H and O–H groups in total. The van der Waals surface area contributed by atoms with Crippen molar-refractivity contribution in [2.24, 2.45) is 5.92 Å². The van der Waals surface area contributed by atoms with Crippen molar-refractivity contribution in [3.8, 4) is 0 Å².